The van der Waals surface area contributed by atoms with Crippen molar-refractivity contribution in [1.29, 1.82) is 0 Å². The van der Waals surface area contributed by atoms with Crippen LogP contribution in [0.4, 0.5) is 0 Å². The SMILES string of the molecule is NC1CCC(OC(=O)C2CCC(C3CCC(S)CC3)CC2)CC1. The minimum atomic E-state index is 0.0722. The average molecular weight is 340 g/mol. The highest BCUT2D eigenvalue weighted by Gasteiger charge is 2.34. The van der Waals surface area contributed by atoms with Gasteiger partial charge in [-0.1, -0.05) is 0 Å². The van der Waals surface area contributed by atoms with Crippen LogP contribution in [0.2, 0.25) is 0 Å². The zero-order chi connectivity index (χ0) is 16.2. The lowest BCUT2D eigenvalue weighted by atomic mass is 9.71. The van der Waals surface area contributed by atoms with Crippen LogP contribution >= 0.6 is 12.6 Å². The van der Waals surface area contributed by atoms with Crippen molar-refractivity contribution in [3.8, 4) is 0 Å². The summed E-state index contributed by atoms with van der Waals surface area (Å²) in [4.78, 5) is 12.4. The molecule has 0 saturated heterocycles. The third kappa shape index (κ3) is 4.88. The Labute approximate surface area is 146 Å². The van der Waals surface area contributed by atoms with E-state index in [0.717, 1.165) is 50.4 Å². The fraction of sp³-hybridized carbons (Fsp3) is 0.947. The maximum absolute atomic E-state index is 12.4. The monoisotopic (exact) mass is 339 g/mol. The van der Waals surface area contributed by atoms with Crippen LogP contribution in [0.1, 0.15) is 77.0 Å². The molecule has 3 rings (SSSR count). The first kappa shape index (κ1) is 17.6. The second-order valence-electron chi connectivity index (χ2n) is 8.15. The van der Waals surface area contributed by atoms with E-state index in [9.17, 15) is 4.79 Å². The summed E-state index contributed by atoms with van der Waals surface area (Å²) in [6.45, 7) is 0. The number of esters is 1. The van der Waals surface area contributed by atoms with Crippen molar-refractivity contribution in [2.45, 2.75) is 94.4 Å². The van der Waals surface area contributed by atoms with Gasteiger partial charge in [-0.15, -0.1) is 0 Å². The third-order valence-corrected chi connectivity index (χ3v) is 7.03. The molecular weight excluding hydrogens is 306 g/mol. The van der Waals surface area contributed by atoms with Crippen molar-refractivity contribution in [2.75, 3.05) is 0 Å². The van der Waals surface area contributed by atoms with Crippen molar-refractivity contribution in [3.05, 3.63) is 0 Å². The molecule has 3 saturated carbocycles. The summed E-state index contributed by atoms with van der Waals surface area (Å²) in [5.74, 6) is 1.95. The van der Waals surface area contributed by atoms with Crippen molar-refractivity contribution in [1.82, 2.24) is 0 Å². The molecule has 0 aromatic heterocycles. The molecule has 0 unspecified atom stereocenters. The summed E-state index contributed by atoms with van der Waals surface area (Å²) in [6.07, 6.45) is 13.8. The fourth-order valence-electron chi connectivity index (χ4n) is 4.87. The van der Waals surface area contributed by atoms with Gasteiger partial charge in [0.25, 0.3) is 0 Å². The first-order valence-corrected chi connectivity index (χ1v) is 10.3. The zero-order valence-electron chi connectivity index (χ0n) is 14.3. The van der Waals surface area contributed by atoms with Crippen molar-refractivity contribution in [2.24, 2.45) is 23.5 Å². The molecule has 3 nitrogen and oxygen atoms in total. The summed E-state index contributed by atoms with van der Waals surface area (Å²) in [6, 6.07) is 0.313. The first-order chi connectivity index (χ1) is 11.1. The molecule has 3 aliphatic carbocycles. The van der Waals surface area contributed by atoms with E-state index in [1.165, 1.54) is 38.5 Å². The van der Waals surface area contributed by atoms with Gasteiger partial charge < -0.3 is 10.5 Å². The lowest BCUT2D eigenvalue weighted by Gasteiger charge is -2.37. The first-order valence-electron chi connectivity index (χ1n) is 9.76. The largest absolute Gasteiger partial charge is 0.462 e. The number of hydrogen-bond donors (Lipinski definition) is 2. The van der Waals surface area contributed by atoms with Crippen LogP contribution in [0.15, 0.2) is 0 Å². The van der Waals surface area contributed by atoms with E-state index in [1.54, 1.807) is 0 Å². The average Bonchev–Trinajstić information content (AvgIpc) is 2.58. The number of ether oxygens (including phenoxy) is 1. The highest BCUT2D eigenvalue weighted by Crippen LogP contribution is 2.41. The lowest BCUT2D eigenvalue weighted by Crippen LogP contribution is -2.34. The van der Waals surface area contributed by atoms with Crippen molar-refractivity contribution in [3.63, 3.8) is 0 Å². The van der Waals surface area contributed by atoms with Gasteiger partial charge in [-0.05, 0) is 88.9 Å². The van der Waals surface area contributed by atoms with Crippen LogP contribution in [0.5, 0.6) is 0 Å². The van der Waals surface area contributed by atoms with Crippen LogP contribution < -0.4 is 5.73 Å². The van der Waals surface area contributed by atoms with Gasteiger partial charge in [-0.2, -0.15) is 12.6 Å². The predicted octanol–water partition coefficient (Wildman–Crippen LogP) is 4.09. The molecule has 3 fully saturated rings. The summed E-state index contributed by atoms with van der Waals surface area (Å²) in [7, 11) is 0. The Morgan fingerprint density at radius 1 is 0.783 bits per heavy atom. The van der Waals surface area contributed by atoms with Crippen LogP contribution in [0, 0.1) is 17.8 Å². The van der Waals surface area contributed by atoms with Gasteiger partial charge in [-0.25, -0.2) is 0 Å². The topological polar surface area (TPSA) is 52.3 Å². The second kappa shape index (κ2) is 8.24. The minimum absolute atomic E-state index is 0.0722. The highest BCUT2D eigenvalue weighted by molar-refractivity contribution is 7.80. The molecule has 0 aliphatic heterocycles. The van der Waals surface area contributed by atoms with E-state index in [1.807, 2.05) is 0 Å². The Hall–Kier alpha value is -0.220. The number of carbonyl (C=O) groups excluding carboxylic acids is 1. The Morgan fingerprint density at radius 2 is 1.30 bits per heavy atom. The maximum Gasteiger partial charge on any atom is 0.309 e. The fourth-order valence-corrected chi connectivity index (χ4v) is 5.16. The number of carbonyl (C=O) groups is 1. The van der Waals surface area contributed by atoms with Crippen LogP contribution in [-0.4, -0.2) is 23.4 Å². The van der Waals surface area contributed by atoms with Crippen molar-refractivity contribution >= 4 is 18.6 Å². The standard InChI is InChI=1S/C19H33NO2S/c20-16-7-9-17(10-8-16)22-19(21)15-3-1-13(2-4-15)14-5-11-18(23)12-6-14/h13-18,23H,1-12,20H2. The van der Waals surface area contributed by atoms with Gasteiger partial charge in [0.1, 0.15) is 6.10 Å². The Morgan fingerprint density at radius 3 is 1.87 bits per heavy atom. The molecule has 0 heterocycles. The van der Waals surface area contributed by atoms with E-state index in [0.29, 0.717) is 11.3 Å². The summed E-state index contributed by atoms with van der Waals surface area (Å²) in [5.41, 5.74) is 5.92. The van der Waals surface area contributed by atoms with Crippen molar-refractivity contribution < 1.29 is 9.53 Å². The molecule has 132 valence electrons. The number of hydrogen-bond acceptors (Lipinski definition) is 4. The molecule has 0 atom stereocenters. The molecular formula is C19H33NO2S. The van der Waals surface area contributed by atoms with E-state index in [2.05, 4.69) is 12.6 Å². The molecule has 0 aromatic carbocycles. The van der Waals surface area contributed by atoms with E-state index in [-0.39, 0.29) is 18.0 Å². The van der Waals surface area contributed by atoms with Gasteiger partial charge >= 0.3 is 5.97 Å². The van der Waals surface area contributed by atoms with E-state index < -0.39 is 0 Å². The van der Waals surface area contributed by atoms with E-state index >= 15 is 0 Å². The van der Waals surface area contributed by atoms with Gasteiger partial charge in [-0.3, -0.25) is 4.79 Å². The lowest BCUT2D eigenvalue weighted by molar-refractivity contribution is -0.157. The van der Waals surface area contributed by atoms with Gasteiger partial charge in [0.05, 0.1) is 5.92 Å². The van der Waals surface area contributed by atoms with Crippen LogP contribution in [0.25, 0.3) is 0 Å². The van der Waals surface area contributed by atoms with Crippen LogP contribution in [0.3, 0.4) is 0 Å². The van der Waals surface area contributed by atoms with Gasteiger partial charge in [0.15, 0.2) is 0 Å². The molecule has 0 bridgehead atoms. The molecule has 23 heavy (non-hydrogen) atoms. The highest BCUT2D eigenvalue weighted by atomic mass is 32.1. The molecule has 0 radical (unpaired) electrons. The molecule has 4 heteroatoms. The van der Waals surface area contributed by atoms with E-state index in [4.69, 9.17) is 10.5 Å². The number of thiol groups is 1. The Bertz CT molecular complexity index is 379. The third-order valence-electron chi connectivity index (χ3n) is 6.51. The number of nitrogens with two attached hydrogens (primary N) is 1. The van der Waals surface area contributed by atoms with Gasteiger partial charge in [0, 0.05) is 11.3 Å². The zero-order valence-corrected chi connectivity index (χ0v) is 15.2. The normalized spacial score (nSPS) is 42.2. The smallest absolute Gasteiger partial charge is 0.309 e. The summed E-state index contributed by atoms with van der Waals surface area (Å²) < 4.78 is 5.77. The quantitative estimate of drug-likeness (QED) is 0.601. The summed E-state index contributed by atoms with van der Waals surface area (Å²) >= 11 is 4.61. The molecule has 0 amide bonds. The maximum atomic E-state index is 12.4. The van der Waals surface area contributed by atoms with Gasteiger partial charge in [0.2, 0.25) is 0 Å². The molecule has 2 N–H and O–H groups in total. The predicted molar refractivity (Wildman–Crippen MR) is 96.5 cm³/mol. The molecule has 0 spiro atoms. The Balaban J connectivity index is 1.39. The second-order valence-corrected chi connectivity index (χ2v) is 8.88. The molecule has 0 aromatic rings. The number of rotatable bonds is 3. The van der Waals surface area contributed by atoms with Crippen LogP contribution in [-0.2, 0) is 9.53 Å². The Kier molecular flexibility index (Phi) is 6.31. The summed E-state index contributed by atoms with van der Waals surface area (Å²) in [5, 5.41) is 0.626. The molecule has 3 aliphatic rings. The minimum Gasteiger partial charge on any atom is -0.462 e.